The van der Waals surface area contributed by atoms with Crippen molar-refractivity contribution < 1.29 is 0 Å². The van der Waals surface area contributed by atoms with Crippen molar-refractivity contribution in [2.24, 2.45) is 11.8 Å². The summed E-state index contributed by atoms with van der Waals surface area (Å²) in [6.07, 6.45) is 7.27. The molecule has 116 valence electrons. The number of hydrogen-bond donors (Lipinski definition) is 1. The van der Waals surface area contributed by atoms with Gasteiger partial charge in [0.15, 0.2) is 0 Å². The molecule has 0 bridgehead atoms. The molecule has 1 unspecified atom stereocenters. The summed E-state index contributed by atoms with van der Waals surface area (Å²) in [6.45, 7) is 14.3. The van der Waals surface area contributed by atoms with Gasteiger partial charge in [0, 0.05) is 19.3 Å². The largest absolute Gasteiger partial charge is 0.331 e. The molecule has 1 heterocycles. The summed E-state index contributed by atoms with van der Waals surface area (Å²) in [5.41, 5.74) is 1.33. The summed E-state index contributed by atoms with van der Waals surface area (Å²) < 4.78 is 2.41. The van der Waals surface area contributed by atoms with E-state index in [1.54, 1.807) is 0 Å². The summed E-state index contributed by atoms with van der Waals surface area (Å²) in [5, 5.41) is 3.53. The minimum Gasteiger partial charge on any atom is -0.331 e. The Morgan fingerprint density at radius 3 is 2.65 bits per heavy atom. The van der Waals surface area contributed by atoms with Gasteiger partial charge in [-0.1, -0.05) is 47.0 Å². The van der Waals surface area contributed by atoms with Gasteiger partial charge in [0.05, 0.1) is 5.69 Å². The highest BCUT2D eigenvalue weighted by atomic mass is 15.1. The standard InChI is InChI=1S/C17H33N3/c1-6-8-9-16(7-2)13-20-15(5)19-12-17(20)11-18-10-14(3)4/h12,14,16,18H,6-11,13H2,1-5H3. The van der Waals surface area contributed by atoms with Gasteiger partial charge in [-0.25, -0.2) is 4.98 Å². The first-order chi connectivity index (χ1) is 9.58. The van der Waals surface area contributed by atoms with Crippen LogP contribution >= 0.6 is 0 Å². The molecule has 3 nitrogen and oxygen atoms in total. The number of aromatic nitrogens is 2. The minimum absolute atomic E-state index is 0.695. The van der Waals surface area contributed by atoms with E-state index in [0.717, 1.165) is 31.4 Å². The normalized spacial score (nSPS) is 13.1. The minimum atomic E-state index is 0.695. The smallest absolute Gasteiger partial charge is 0.105 e. The van der Waals surface area contributed by atoms with E-state index in [1.165, 1.54) is 31.4 Å². The monoisotopic (exact) mass is 279 g/mol. The topological polar surface area (TPSA) is 29.9 Å². The maximum Gasteiger partial charge on any atom is 0.105 e. The molecular formula is C17H33N3. The quantitative estimate of drug-likeness (QED) is 0.697. The molecule has 3 heteroatoms. The van der Waals surface area contributed by atoms with Crippen LogP contribution in [0.25, 0.3) is 0 Å². The van der Waals surface area contributed by atoms with Gasteiger partial charge in [0.2, 0.25) is 0 Å². The molecule has 0 spiro atoms. The van der Waals surface area contributed by atoms with Gasteiger partial charge in [-0.3, -0.25) is 0 Å². The third-order valence-electron chi connectivity index (χ3n) is 3.98. The van der Waals surface area contributed by atoms with Crippen LogP contribution in [0.4, 0.5) is 0 Å². The molecule has 1 atom stereocenters. The van der Waals surface area contributed by atoms with Crippen molar-refractivity contribution in [2.75, 3.05) is 6.54 Å². The van der Waals surface area contributed by atoms with Crippen LogP contribution in [0.5, 0.6) is 0 Å². The van der Waals surface area contributed by atoms with Crippen molar-refractivity contribution in [3.8, 4) is 0 Å². The second kappa shape index (κ2) is 9.17. The zero-order valence-corrected chi connectivity index (χ0v) is 14.1. The lowest BCUT2D eigenvalue weighted by Gasteiger charge is -2.19. The zero-order chi connectivity index (χ0) is 15.0. The fraction of sp³-hybridized carbons (Fsp3) is 0.824. The number of imidazole rings is 1. The van der Waals surface area contributed by atoms with Crippen molar-refractivity contribution in [1.29, 1.82) is 0 Å². The molecule has 20 heavy (non-hydrogen) atoms. The highest BCUT2D eigenvalue weighted by molar-refractivity contribution is 5.04. The number of aryl methyl sites for hydroxylation is 1. The highest BCUT2D eigenvalue weighted by Crippen LogP contribution is 2.17. The van der Waals surface area contributed by atoms with E-state index in [9.17, 15) is 0 Å². The molecule has 0 aromatic carbocycles. The Bertz CT molecular complexity index is 368. The van der Waals surface area contributed by atoms with Crippen molar-refractivity contribution in [3.63, 3.8) is 0 Å². The molecule has 0 fully saturated rings. The first kappa shape index (κ1) is 17.2. The maximum atomic E-state index is 4.50. The van der Waals surface area contributed by atoms with E-state index in [2.05, 4.69) is 49.5 Å². The van der Waals surface area contributed by atoms with Gasteiger partial charge in [0.25, 0.3) is 0 Å². The Morgan fingerprint density at radius 1 is 1.30 bits per heavy atom. The molecule has 0 aliphatic rings. The lowest BCUT2D eigenvalue weighted by molar-refractivity contribution is 0.379. The number of hydrogen-bond acceptors (Lipinski definition) is 2. The Labute approximate surface area is 125 Å². The molecular weight excluding hydrogens is 246 g/mol. The van der Waals surface area contributed by atoms with Crippen LogP contribution in [-0.4, -0.2) is 16.1 Å². The van der Waals surface area contributed by atoms with Crippen molar-refractivity contribution in [1.82, 2.24) is 14.9 Å². The fourth-order valence-corrected chi connectivity index (χ4v) is 2.57. The molecule has 0 amide bonds. The van der Waals surface area contributed by atoms with Gasteiger partial charge in [-0.2, -0.15) is 0 Å². The second-order valence-corrected chi connectivity index (χ2v) is 6.35. The van der Waals surface area contributed by atoms with Gasteiger partial charge in [0.1, 0.15) is 5.82 Å². The van der Waals surface area contributed by atoms with E-state index >= 15 is 0 Å². The van der Waals surface area contributed by atoms with Crippen LogP contribution < -0.4 is 5.32 Å². The summed E-state index contributed by atoms with van der Waals surface area (Å²) in [5.74, 6) is 2.63. The lowest BCUT2D eigenvalue weighted by atomic mass is 9.99. The Balaban J connectivity index is 2.60. The molecule has 1 aromatic rings. The Kier molecular flexibility index (Phi) is 7.90. The molecule has 0 saturated carbocycles. The summed E-state index contributed by atoms with van der Waals surface area (Å²) in [6, 6.07) is 0. The van der Waals surface area contributed by atoms with Crippen LogP contribution in [0.15, 0.2) is 6.20 Å². The van der Waals surface area contributed by atoms with E-state index in [4.69, 9.17) is 0 Å². The molecule has 1 aromatic heterocycles. The average molecular weight is 279 g/mol. The summed E-state index contributed by atoms with van der Waals surface area (Å²) in [4.78, 5) is 4.50. The van der Waals surface area contributed by atoms with Gasteiger partial charge < -0.3 is 9.88 Å². The molecule has 0 aliphatic heterocycles. The van der Waals surface area contributed by atoms with Crippen LogP contribution in [0.2, 0.25) is 0 Å². The molecule has 0 radical (unpaired) electrons. The predicted octanol–water partition coefficient (Wildman–Crippen LogP) is 4.15. The van der Waals surface area contributed by atoms with Gasteiger partial charge in [-0.15, -0.1) is 0 Å². The third kappa shape index (κ3) is 5.66. The van der Waals surface area contributed by atoms with E-state index < -0.39 is 0 Å². The highest BCUT2D eigenvalue weighted by Gasteiger charge is 2.12. The number of unbranched alkanes of at least 4 members (excludes halogenated alkanes) is 1. The zero-order valence-electron chi connectivity index (χ0n) is 14.1. The van der Waals surface area contributed by atoms with Crippen LogP contribution in [0, 0.1) is 18.8 Å². The van der Waals surface area contributed by atoms with E-state index in [1.807, 2.05) is 6.20 Å². The van der Waals surface area contributed by atoms with Crippen molar-refractivity contribution in [3.05, 3.63) is 17.7 Å². The Morgan fingerprint density at radius 2 is 2.05 bits per heavy atom. The third-order valence-corrected chi connectivity index (χ3v) is 3.98. The van der Waals surface area contributed by atoms with Crippen molar-refractivity contribution in [2.45, 2.75) is 73.4 Å². The lowest BCUT2D eigenvalue weighted by Crippen LogP contribution is -2.22. The summed E-state index contributed by atoms with van der Waals surface area (Å²) in [7, 11) is 0. The first-order valence-corrected chi connectivity index (χ1v) is 8.30. The van der Waals surface area contributed by atoms with Crippen LogP contribution in [0.3, 0.4) is 0 Å². The molecule has 1 N–H and O–H groups in total. The van der Waals surface area contributed by atoms with Gasteiger partial charge >= 0.3 is 0 Å². The Hall–Kier alpha value is -0.830. The number of nitrogens with one attached hydrogen (secondary N) is 1. The van der Waals surface area contributed by atoms with E-state index in [0.29, 0.717) is 5.92 Å². The fourth-order valence-electron chi connectivity index (χ4n) is 2.57. The van der Waals surface area contributed by atoms with Crippen molar-refractivity contribution >= 4 is 0 Å². The first-order valence-electron chi connectivity index (χ1n) is 8.30. The molecule has 0 saturated heterocycles. The number of rotatable bonds is 10. The van der Waals surface area contributed by atoms with E-state index in [-0.39, 0.29) is 0 Å². The summed E-state index contributed by atoms with van der Waals surface area (Å²) >= 11 is 0. The molecule has 1 rings (SSSR count). The maximum absolute atomic E-state index is 4.50. The average Bonchev–Trinajstić information content (AvgIpc) is 2.75. The second-order valence-electron chi connectivity index (χ2n) is 6.35. The van der Waals surface area contributed by atoms with Crippen LogP contribution in [0.1, 0.15) is 64.9 Å². The van der Waals surface area contributed by atoms with Gasteiger partial charge in [-0.05, 0) is 31.7 Å². The molecule has 0 aliphatic carbocycles. The number of nitrogens with zero attached hydrogens (tertiary/aromatic N) is 2. The SMILES string of the molecule is CCCCC(CC)Cn1c(CNCC(C)C)cnc1C. The predicted molar refractivity (Wildman–Crippen MR) is 86.8 cm³/mol. The van der Waals surface area contributed by atoms with Crippen LogP contribution in [-0.2, 0) is 13.1 Å².